The van der Waals surface area contributed by atoms with E-state index in [9.17, 15) is 13.2 Å². The molecule has 1 aliphatic heterocycles. The minimum atomic E-state index is -4.42. The summed E-state index contributed by atoms with van der Waals surface area (Å²) in [5.41, 5.74) is 4.99. The highest BCUT2D eigenvalue weighted by atomic mass is 31.0. The van der Waals surface area contributed by atoms with Crippen LogP contribution in [0, 0.1) is 13.8 Å². The zero-order valence-electron chi connectivity index (χ0n) is 22.0. The second-order valence-corrected chi connectivity index (χ2v) is 9.83. The van der Waals surface area contributed by atoms with Crippen molar-refractivity contribution in [2.75, 3.05) is 18.9 Å². The Morgan fingerprint density at radius 1 is 1.29 bits per heavy atom. The highest BCUT2D eigenvalue weighted by molar-refractivity contribution is 7.23. The van der Waals surface area contributed by atoms with E-state index in [1.54, 1.807) is 13.1 Å². The van der Waals surface area contributed by atoms with Gasteiger partial charge in [0.15, 0.2) is 0 Å². The summed E-state index contributed by atoms with van der Waals surface area (Å²) in [6, 6.07) is 1.99. The number of rotatable bonds is 7. The van der Waals surface area contributed by atoms with Gasteiger partial charge in [-0.25, -0.2) is 4.98 Å². The molecule has 0 spiro atoms. The second kappa shape index (κ2) is 12.6. The third kappa shape index (κ3) is 7.57. The van der Waals surface area contributed by atoms with Gasteiger partial charge in [0.05, 0.1) is 11.6 Å². The first kappa shape index (κ1) is 28.9. The maximum Gasteiger partial charge on any atom is 0.416 e. The van der Waals surface area contributed by atoms with Crippen LogP contribution in [0.2, 0.25) is 0 Å². The standard InChI is InChI=1S/C28H39F3N3P/c1-8-11-21(28(29,30)31)16-23(26(35)9-2)22(18(3)4)17-25-24(12-10-15-34(25)7)33-27-20(6)19(5)13-14-32-27/h9,11,13-14,16-17,24H,8,10,12,15,35H2,1-7H3,(H,32,33)/b21-11-,23-16-,25-17-,26-9+. The number of alkyl halides is 3. The van der Waals surface area contributed by atoms with E-state index >= 15 is 0 Å². The molecule has 2 unspecified atom stereocenters. The first-order chi connectivity index (χ1) is 16.4. The average Bonchev–Trinajstić information content (AvgIpc) is 2.78. The number of halogens is 3. The van der Waals surface area contributed by atoms with E-state index in [4.69, 9.17) is 0 Å². The number of hydrogen-bond acceptors (Lipinski definition) is 3. The van der Waals surface area contributed by atoms with Crippen molar-refractivity contribution < 1.29 is 13.2 Å². The molecule has 3 nitrogen and oxygen atoms in total. The van der Waals surface area contributed by atoms with E-state index in [0.29, 0.717) is 12.0 Å². The zero-order valence-corrected chi connectivity index (χ0v) is 23.1. The van der Waals surface area contributed by atoms with Crippen molar-refractivity contribution in [3.63, 3.8) is 0 Å². The monoisotopic (exact) mass is 505 g/mol. The smallest absolute Gasteiger partial charge is 0.376 e. The number of allylic oxidation sites excluding steroid dienone is 9. The molecule has 7 heteroatoms. The Morgan fingerprint density at radius 2 is 1.97 bits per heavy atom. The van der Waals surface area contributed by atoms with Gasteiger partial charge >= 0.3 is 6.18 Å². The summed E-state index contributed by atoms with van der Waals surface area (Å²) in [5, 5.41) is 4.33. The molecule has 0 saturated carbocycles. The minimum absolute atomic E-state index is 0.00388. The number of aromatic nitrogens is 1. The largest absolute Gasteiger partial charge is 0.416 e. The van der Waals surface area contributed by atoms with Crippen molar-refractivity contribution in [3.05, 3.63) is 81.0 Å². The Kier molecular flexibility index (Phi) is 10.4. The van der Waals surface area contributed by atoms with Crippen LogP contribution in [0.4, 0.5) is 19.0 Å². The molecule has 1 aromatic rings. The molecule has 1 aromatic heterocycles. The number of likely N-dealkylation sites (tertiary alicyclic amines) is 1. The molecule has 2 heterocycles. The van der Waals surface area contributed by atoms with E-state index in [-0.39, 0.29) is 6.04 Å². The predicted octanol–water partition coefficient (Wildman–Crippen LogP) is 8.03. The number of anilines is 1. The molecule has 1 N–H and O–H groups in total. The lowest BCUT2D eigenvalue weighted by Gasteiger charge is -2.36. The van der Waals surface area contributed by atoms with E-state index in [0.717, 1.165) is 58.5 Å². The summed E-state index contributed by atoms with van der Waals surface area (Å²) in [5.74, 6) is 0.844. The molecule has 1 aliphatic rings. The van der Waals surface area contributed by atoms with Crippen LogP contribution in [0.3, 0.4) is 0 Å². The second-order valence-electron chi connectivity index (χ2n) is 9.21. The van der Waals surface area contributed by atoms with Gasteiger partial charge in [-0.3, -0.25) is 0 Å². The first-order valence-corrected chi connectivity index (χ1v) is 12.7. The van der Waals surface area contributed by atoms with Crippen molar-refractivity contribution >= 4 is 15.1 Å². The van der Waals surface area contributed by atoms with Gasteiger partial charge < -0.3 is 10.2 Å². The minimum Gasteiger partial charge on any atom is -0.376 e. The summed E-state index contributed by atoms with van der Waals surface area (Å²) < 4.78 is 41.4. The van der Waals surface area contributed by atoms with Crippen molar-refractivity contribution in [2.45, 2.75) is 73.0 Å². The number of hydrogen-bond donors (Lipinski definition) is 1. The number of piperidine rings is 1. The van der Waals surface area contributed by atoms with E-state index in [1.165, 1.54) is 12.2 Å². The fraction of sp³-hybridized carbons (Fsp3) is 0.464. The van der Waals surface area contributed by atoms with Crippen LogP contribution < -0.4 is 5.32 Å². The van der Waals surface area contributed by atoms with E-state index < -0.39 is 11.7 Å². The van der Waals surface area contributed by atoms with Crippen LogP contribution >= 0.6 is 9.24 Å². The maximum absolute atomic E-state index is 13.8. The highest BCUT2D eigenvalue weighted by Crippen LogP contribution is 2.36. The van der Waals surface area contributed by atoms with Crippen LogP contribution in [-0.2, 0) is 0 Å². The van der Waals surface area contributed by atoms with Gasteiger partial charge in [0.1, 0.15) is 5.82 Å². The first-order valence-electron chi connectivity index (χ1n) is 12.1. The Bertz CT molecular complexity index is 1060. The van der Waals surface area contributed by atoms with Gasteiger partial charge in [0.2, 0.25) is 0 Å². The molecule has 35 heavy (non-hydrogen) atoms. The third-order valence-corrected chi connectivity index (χ3v) is 7.01. The molecule has 0 aromatic carbocycles. The van der Waals surface area contributed by atoms with Crippen molar-refractivity contribution in [1.82, 2.24) is 9.88 Å². The summed E-state index contributed by atoms with van der Waals surface area (Å²) in [6.07, 6.45) is 6.04. The van der Waals surface area contributed by atoms with Gasteiger partial charge in [-0.05, 0) is 99.7 Å². The molecule has 192 valence electrons. The lowest BCUT2D eigenvalue weighted by Crippen LogP contribution is -2.38. The average molecular weight is 506 g/mol. The molecular weight excluding hydrogens is 466 g/mol. The maximum atomic E-state index is 13.8. The summed E-state index contributed by atoms with van der Waals surface area (Å²) in [4.78, 5) is 6.74. The van der Waals surface area contributed by atoms with Gasteiger partial charge in [-0.15, -0.1) is 9.24 Å². The quantitative estimate of drug-likeness (QED) is 0.300. The molecule has 1 saturated heterocycles. The fourth-order valence-corrected chi connectivity index (χ4v) is 4.36. The molecule has 2 rings (SSSR count). The molecule has 0 aliphatic carbocycles. The van der Waals surface area contributed by atoms with Crippen molar-refractivity contribution in [1.29, 1.82) is 0 Å². The van der Waals surface area contributed by atoms with Gasteiger partial charge in [-0.1, -0.05) is 24.6 Å². The van der Waals surface area contributed by atoms with Crippen LogP contribution in [0.25, 0.3) is 0 Å². The number of pyridine rings is 1. The lowest BCUT2D eigenvalue weighted by atomic mass is 9.93. The van der Waals surface area contributed by atoms with Crippen LogP contribution in [0.1, 0.15) is 58.1 Å². The predicted molar refractivity (Wildman–Crippen MR) is 145 cm³/mol. The number of likely N-dealkylation sites (N-methyl/N-ethyl adjacent to an activating group) is 1. The van der Waals surface area contributed by atoms with Gasteiger partial charge in [0.25, 0.3) is 0 Å². The number of nitrogens with one attached hydrogen (secondary N) is 1. The lowest BCUT2D eigenvalue weighted by molar-refractivity contribution is -0.0884. The fourth-order valence-electron chi connectivity index (χ4n) is 4.12. The summed E-state index contributed by atoms with van der Waals surface area (Å²) in [6.45, 7) is 12.4. The van der Waals surface area contributed by atoms with E-state index in [2.05, 4.69) is 37.4 Å². The van der Waals surface area contributed by atoms with Crippen molar-refractivity contribution in [2.24, 2.45) is 0 Å². The molecule has 2 atom stereocenters. The van der Waals surface area contributed by atoms with E-state index in [1.807, 2.05) is 46.9 Å². The van der Waals surface area contributed by atoms with Crippen LogP contribution in [-0.4, -0.2) is 35.7 Å². The molecule has 0 bridgehead atoms. The Morgan fingerprint density at radius 3 is 2.54 bits per heavy atom. The molecule has 0 radical (unpaired) electrons. The zero-order chi connectivity index (χ0) is 26.3. The topological polar surface area (TPSA) is 28.2 Å². The van der Waals surface area contributed by atoms with Crippen molar-refractivity contribution in [3.8, 4) is 0 Å². The normalized spacial score (nSPS) is 19.3. The molecular formula is C28H39F3N3P. The van der Waals surface area contributed by atoms with Crippen LogP contribution in [0.5, 0.6) is 0 Å². The molecule has 1 fully saturated rings. The Balaban J connectivity index is 2.65. The number of nitrogens with zero attached hydrogens (tertiary/aromatic N) is 2. The molecule has 0 amide bonds. The summed E-state index contributed by atoms with van der Waals surface area (Å²) in [7, 11) is 4.64. The van der Waals surface area contributed by atoms with Gasteiger partial charge in [0, 0.05) is 25.5 Å². The number of aryl methyl sites for hydroxylation is 1. The summed E-state index contributed by atoms with van der Waals surface area (Å²) >= 11 is 0. The SMILES string of the molecule is C\C=C(P)/C(=C\C(=C\CC)C(F)(F)F)C(/C=C1/C(Nc2nccc(C)c2C)CCCN1C)=C(C)C. The van der Waals surface area contributed by atoms with Crippen LogP contribution in [0.15, 0.2) is 69.9 Å². The highest BCUT2D eigenvalue weighted by Gasteiger charge is 2.32. The Hall–Kier alpha value is -2.33. The third-order valence-electron chi connectivity index (χ3n) is 6.36. The Labute approximate surface area is 211 Å². The van der Waals surface area contributed by atoms with Gasteiger partial charge in [-0.2, -0.15) is 13.2 Å².